The number of imidazole rings is 1. The molecule has 0 saturated carbocycles. The lowest BCUT2D eigenvalue weighted by Gasteiger charge is -2.09. The van der Waals surface area contributed by atoms with Crippen LogP contribution < -0.4 is 5.56 Å². The van der Waals surface area contributed by atoms with E-state index in [-0.39, 0.29) is 18.1 Å². The van der Waals surface area contributed by atoms with Crippen LogP contribution >= 0.6 is 0 Å². The van der Waals surface area contributed by atoms with E-state index >= 15 is 0 Å². The monoisotopic (exact) mass is 234 g/mol. The molecule has 0 aliphatic carbocycles. The second-order valence-electron chi connectivity index (χ2n) is 4.16. The molecule has 2 heterocycles. The van der Waals surface area contributed by atoms with Crippen molar-refractivity contribution in [1.29, 1.82) is 0 Å². The molecule has 0 bridgehead atoms. The highest BCUT2D eigenvalue weighted by Gasteiger charge is 2.14. The molecule has 0 fully saturated rings. The average molecular weight is 234 g/mol. The lowest BCUT2D eigenvalue weighted by molar-refractivity contribution is -0.108. The molecule has 2 aromatic rings. The fourth-order valence-corrected chi connectivity index (χ4v) is 1.77. The summed E-state index contributed by atoms with van der Waals surface area (Å²) >= 11 is 0. The van der Waals surface area contributed by atoms with Crippen molar-refractivity contribution in [1.82, 2.24) is 19.1 Å². The van der Waals surface area contributed by atoms with Crippen molar-refractivity contribution in [3.05, 3.63) is 22.5 Å². The van der Waals surface area contributed by atoms with E-state index in [4.69, 9.17) is 0 Å². The molecule has 2 aromatic heterocycles. The first kappa shape index (κ1) is 11.5. The number of aryl methyl sites for hydroxylation is 1. The summed E-state index contributed by atoms with van der Waals surface area (Å²) in [5.41, 5.74) is 0.620. The minimum absolute atomic E-state index is 0.0160. The molecule has 0 aliphatic rings. The summed E-state index contributed by atoms with van der Waals surface area (Å²) in [6, 6.07) is 0.188. The SMILES string of the molecule is Cc1nc2c(ncn2C(C)C)c(=O)n1CC=O. The topological polar surface area (TPSA) is 69.8 Å². The fraction of sp³-hybridized carbons (Fsp3) is 0.455. The highest BCUT2D eigenvalue weighted by atomic mass is 16.1. The second-order valence-corrected chi connectivity index (χ2v) is 4.16. The van der Waals surface area contributed by atoms with Gasteiger partial charge >= 0.3 is 0 Å². The van der Waals surface area contributed by atoms with Gasteiger partial charge < -0.3 is 9.36 Å². The molecule has 90 valence electrons. The lowest BCUT2D eigenvalue weighted by atomic mass is 10.4. The van der Waals surface area contributed by atoms with Crippen LogP contribution in [0.25, 0.3) is 11.2 Å². The van der Waals surface area contributed by atoms with E-state index in [9.17, 15) is 9.59 Å². The molecule has 0 amide bonds. The van der Waals surface area contributed by atoms with E-state index < -0.39 is 0 Å². The molecule has 0 N–H and O–H groups in total. The zero-order chi connectivity index (χ0) is 12.6. The maximum atomic E-state index is 12.1. The molecule has 0 aliphatic heterocycles. The van der Waals surface area contributed by atoms with Crippen molar-refractivity contribution in [2.24, 2.45) is 0 Å². The van der Waals surface area contributed by atoms with E-state index in [0.717, 1.165) is 0 Å². The van der Waals surface area contributed by atoms with Crippen LogP contribution in [0.3, 0.4) is 0 Å². The van der Waals surface area contributed by atoms with E-state index in [1.54, 1.807) is 13.3 Å². The van der Waals surface area contributed by atoms with Crippen molar-refractivity contribution >= 4 is 17.5 Å². The number of rotatable bonds is 3. The summed E-state index contributed by atoms with van der Waals surface area (Å²) in [5, 5.41) is 0. The van der Waals surface area contributed by atoms with Crippen molar-refractivity contribution in [3.63, 3.8) is 0 Å². The Bertz CT molecular complexity index is 624. The molecule has 6 nitrogen and oxygen atoms in total. The van der Waals surface area contributed by atoms with Gasteiger partial charge in [0.25, 0.3) is 5.56 Å². The van der Waals surface area contributed by atoms with Gasteiger partial charge in [0.05, 0.1) is 12.9 Å². The van der Waals surface area contributed by atoms with E-state index in [2.05, 4.69) is 9.97 Å². The first-order valence-corrected chi connectivity index (χ1v) is 5.44. The molecule has 2 rings (SSSR count). The fourth-order valence-electron chi connectivity index (χ4n) is 1.77. The molecular weight excluding hydrogens is 220 g/mol. The normalized spacial score (nSPS) is 11.3. The van der Waals surface area contributed by atoms with Crippen molar-refractivity contribution in [2.45, 2.75) is 33.4 Å². The number of nitrogens with zero attached hydrogens (tertiary/aromatic N) is 4. The Morgan fingerprint density at radius 1 is 1.47 bits per heavy atom. The molecule has 0 radical (unpaired) electrons. The standard InChI is InChI=1S/C11H14N4O2/c1-7(2)15-6-12-9-10(15)13-8(3)14(4-5-16)11(9)17/h5-7H,4H2,1-3H3. The number of aromatic nitrogens is 4. The molecule has 0 atom stereocenters. The van der Waals surface area contributed by atoms with Crippen molar-refractivity contribution in [3.8, 4) is 0 Å². The molecule has 17 heavy (non-hydrogen) atoms. The van der Waals surface area contributed by atoms with Crippen LogP contribution in [0, 0.1) is 6.92 Å². The smallest absolute Gasteiger partial charge is 0.282 e. The van der Waals surface area contributed by atoms with Gasteiger partial charge in [-0.3, -0.25) is 9.36 Å². The van der Waals surface area contributed by atoms with Crippen LogP contribution in [0.4, 0.5) is 0 Å². The summed E-state index contributed by atoms with van der Waals surface area (Å²) in [5.74, 6) is 0.525. The van der Waals surface area contributed by atoms with Gasteiger partial charge in [-0.15, -0.1) is 0 Å². The van der Waals surface area contributed by atoms with Gasteiger partial charge in [-0.1, -0.05) is 0 Å². The third kappa shape index (κ3) is 1.75. The van der Waals surface area contributed by atoms with Gasteiger partial charge in [0.15, 0.2) is 11.2 Å². The molecule has 0 unspecified atom stereocenters. The van der Waals surface area contributed by atoms with Crippen LogP contribution in [0.5, 0.6) is 0 Å². The van der Waals surface area contributed by atoms with E-state index in [1.165, 1.54) is 4.57 Å². The predicted octanol–water partition coefficient (Wildman–Crippen LogP) is 0.681. The summed E-state index contributed by atoms with van der Waals surface area (Å²) < 4.78 is 3.17. The lowest BCUT2D eigenvalue weighted by Crippen LogP contribution is -2.25. The van der Waals surface area contributed by atoms with Gasteiger partial charge in [0, 0.05) is 6.04 Å². The molecule has 6 heteroatoms. The molecular formula is C11H14N4O2. The molecule has 0 saturated heterocycles. The quantitative estimate of drug-likeness (QED) is 0.732. The third-order valence-electron chi connectivity index (χ3n) is 2.69. The first-order chi connectivity index (χ1) is 8.06. The zero-order valence-corrected chi connectivity index (χ0v) is 10.0. The van der Waals surface area contributed by atoms with Crippen LogP contribution in [0.15, 0.2) is 11.1 Å². The third-order valence-corrected chi connectivity index (χ3v) is 2.69. The van der Waals surface area contributed by atoms with E-state index in [1.807, 2.05) is 18.4 Å². The highest BCUT2D eigenvalue weighted by Crippen LogP contribution is 2.12. The number of carbonyl (C=O) groups is 1. The maximum Gasteiger partial charge on any atom is 0.282 e. The zero-order valence-electron chi connectivity index (χ0n) is 10.0. The number of hydrogen-bond acceptors (Lipinski definition) is 4. The number of fused-ring (bicyclic) bond motifs is 1. The summed E-state index contributed by atoms with van der Waals surface area (Å²) in [6.45, 7) is 5.72. The molecule has 0 spiro atoms. The van der Waals surface area contributed by atoms with Gasteiger partial charge in [0.2, 0.25) is 0 Å². The number of hydrogen-bond donors (Lipinski definition) is 0. The molecule has 0 aromatic carbocycles. The van der Waals surface area contributed by atoms with Crippen molar-refractivity contribution < 1.29 is 4.79 Å². The Labute approximate surface area is 97.9 Å². The largest absolute Gasteiger partial charge is 0.313 e. The number of carbonyl (C=O) groups excluding carboxylic acids is 1. The summed E-state index contributed by atoms with van der Waals surface area (Å²) in [6.07, 6.45) is 2.29. The van der Waals surface area contributed by atoms with Crippen LogP contribution in [-0.2, 0) is 11.3 Å². The Balaban J connectivity index is 2.78. The van der Waals surface area contributed by atoms with Gasteiger partial charge in [0.1, 0.15) is 12.1 Å². The second kappa shape index (κ2) is 4.12. The Kier molecular flexibility index (Phi) is 2.79. The first-order valence-electron chi connectivity index (χ1n) is 5.44. The number of aldehydes is 1. The summed E-state index contributed by atoms with van der Waals surface area (Å²) in [4.78, 5) is 31.0. The average Bonchev–Trinajstić information content (AvgIpc) is 2.68. The van der Waals surface area contributed by atoms with Gasteiger partial charge in [-0.2, -0.15) is 0 Å². The maximum absolute atomic E-state index is 12.1. The summed E-state index contributed by atoms with van der Waals surface area (Å²) in [7, 11) is 0. The van der Waals surface area contributed by atoms with Crippen molar-refractivity contribution in [2.75, 3.05) is 0 Å². The Morgan fingerprint density at radius 3 is 2.76 bits per heavy atom. The van der Waals surface area contributed by atoms with Crippen LogP contribution in [0.1, 0.15) is 25.7 Å². The van der Waals surface area contributed by atoms with Crippen LogP contribution in [0.2, 0.25) is 0 Å². The van der Waals surface area contributed by atoms with Crippen LogP contribution in [-0.4, -0.2) is 25.4 Å². The van der Waals surface area contributed by atoms with Gasteiger partial charge in [-0.05, 0) is 20.8 Å². The highest BCUT2D eigenvalue weighted by molar-refractivity contribution is 5.70. The Hall–Kier alpha value is -1.98. The predicted molar refractivity (Wildman–Crippen MR) is 63.0 cm³/mol. The van der Waals surface area contributed by atoms with Gasteiger partial charge in [-0.25, -0.2) is 9.97 Å². The van der Waals surface area contributed by atoms with E-state index in [0.29, 0.717) is 23.3 Å². The minimum Gasteiger partial charge on any atom is -0.313 e. The Morgan fingerprint density at radius 2 is 2.18 bits per heavy atom. The minimum atomic E-state index is -0.265.